The zero-order valence-corrected chi connectivity index (χ0v) is 16.5. The van der Waals surface area contributed by atoms with Crippen LogP contribution < -0.4 is 4.90 Å². The van der Waals surface area contributed by atoms with Crippen molar-refractivity contribution in [3.63, 3.8) is 0 Å². The van der Waals surface area contributed by atoms with Crippen molar-refractivity contribution in [2.75, 3.05) is 45.2 Å². The highest BCUT2D eigenvalue weighted by molar-refractivity contribution is 5.95. The number of hydrogen-bond acceptors (Lipinski definition) is 4. The fourth-order valence-electron chi connectivity index (χ4n) is 4.35. The minimum absolute atomic E-state index is 0.0158. The molecule has 0 aliphatic carbocycles. The standard InChI is InChI=1S/C20H30N4O3/c1-14-17(19(25)22(2)3)4-5-18(21-14)23-10-6-15(7-11-23)16-8-12-24(13-9-16)20(26)27/h4-5,15-16H,6-13H2,1-3H3,(H,26,27). The van der Waals surface area contributed by atoms with Gasteiger partial charge in [0.2, 0.25) is 0 Å². The van der Waals surface area contributed by atoms with Gasteiger partial charge in [-0.1, -0.05) is 0 Å². The maximum Gasteiger partial charge on any atom is 0.407 e. The lowest BCUT2D eigenvalue weighted by atomic mass is 9.79. The molecule has 7 nitrogen and oxygen atoms in total. The van der Waals surface area contributed by atoms with Gasteiger partial charge in [0.1, 0.15) is 5.82 Å². The molecule has 0 radical (unpaired) electrons. The first kappa shape index (κ1) is 19.5. The molecule has 0 saturated carbocycles. The number of likely N-dealkylation sites (tertiary alicyclic amines) is 1. The number of amides is 2. The number of carbonyl (C=O) groups is 2. The minimum Gasteiger partial charge on any atom is -0.465 e. The second kappa shape index (κ2) is 8.15. The van der Waals surface area contributed by atoms with E-state index in [1.54, 1.807) is 19.0 Å². The van der Waals surface area contributed by atoms with E-state index in [-0.39, 0.29) is 5.91 Å². The van der Waals surface area contributed by atoms with Gasteiger partial charge < -0.3 is 19.8 Å². The maximum atomic E-state index is 12.2. The van der Waals surface area contributed by atoms with Crippen LogP contribution in [-0.4, -0.2) is 72.2 Å². The molecule has 2 aliphatic heterocycles. The van der Waals surface area contributed by atoms with Crippen LogP contribution in [0.2, 0.25) is 0 Å². The van der Waals surface area contributed by atoms with Crippen molar-refractivity contribution in [3.05, 3.63) is 23.4 Å². The molecule has 148 valence electrons. The van der Waals surface area contributed by atoms with E-state index in [0.717, 1.165) is 50.3 Å². The Balaban J connectivity index is 1.56. The highest BCUT2D eigenvalue weighted by Gasteiger charge is 2.31. The van der Waals surface area contributed by atoms with Gasteiger partial charge >= 0.3 is 6.09 Å². The van der Waals surface area contributed by atoms with E-state index in [2.05, 4.69) is 9.88 Å². The fourth-order valence-corrected chi connectivity index (χ4v) is 4.35. The third kappa shape index (κ3) is 4.34. The van der Waals surface area contributed by atoms with Crippen LogP contribution in [0.4, 0.5) is 10.6 Å². The Kier molecular flexibility index (Phi) is 5.87. The minimum atomic E-state index is -0.791. The first-order valence-corrected chi connectivity index (χ1v) is 9.79. The average Bonchev–Trinajstić information content (AvgIpc) is 2.67. The third-order valence-corrected chi connectivity index (χ3v) is 6.05. The zero-order chi connectivity index (χ0) is 19.6. The molecular formula is C20H30N4O3. The summed E-state index contributed by atoms with van der Waals surface area (Å²) in [7, 11) is 3.50. The molecule has 0 bridgehead atoms. The van der Waals surface area contributed by atoms with Crippen molar-refractivity contribution in [2.24, 2.45) is 11.8 Å². The van der Waals surface area contributed by atoms with Gasteiger partial charge in [-0.15, -0.1) is 0 Å². The Morgan fingerprint density at radius 2 is 1.59 bits per heavy atom. The number of carboxylic acid groups (broad SMARTS) is 1. The van der Waals surface area contributed by atoms with Gasteiger partial charge in [0.25, 0.3) is 5.91 Å². The molecule has 0 atom stereocenters. The smallest absolute Gasteiger partial charge is 0.407 e. The SMILES string of the molecule is Cc1nc(N2CCC(C3CCN(C(=O)O)CC3)CC2)ccc1C(=O)N(C)C. The van der Waals surface area contributed by atoms with E-state index in [0.29, 0.717) is 30.5 Å². The van der Waals surface area contributed by atoms with Gasteiger partial charge in [-0.2, -0.15) is 0 Å². The van der Waals surface area contributed by atoms with Gasteiger partial charge in [0, 0.05) is 40.3 Å². The van der Waals surface area contributed by atoms with E-state index in [1.807, 2.05) is 19.1 Å². The van der Waals surface area contributed by atoms with Crippen LogP contribution in [0.3, 0.4) is 0 Å². The molecule has 3 rings (SSSR count). The van der Waals surface area contributed by atoms with Crippen molar-refractivity contribution in [1.82, 2.24) is 14.8 Å². The summed E-state index contributed by atoms with van der Waals surface area (Å²) in [6, 6.07) is 3.84. The first-order valence-electron chi connectivity index (χ1n) is 9.79. The van der Waals surface area contributed by atoms with Crippen LogP contribution in [0.5, 0.6) is 0 Å². The Morgan fingerprint density at radius 1 is 1.04 bits per heavy atom. The summed E-state index contributed by atoms with van der Waals surface area (Å²) in [5.74, 6) is 2.24. The fraction of sp³-hybridized carbons (Fsp3) is 0.650. The molecule has 2 fully saturated rings. The van der Waals surface area contributed by atoms with E-state index in [9.17, 15) is 9.59 Å². The lowest BCUT2D eigenvalue weighted by molar-refractivity contribution is 0.0826. The zero-order valence-electron chi connectivity index (χ0n) is 16.5. The van der Waals surface area contributed by atoms with Crippen LogP contribution in [0.1, 0.15) is 41.7 Å². The number of pyridine rings is 1. The number of nitrogens with zero attached hydrogens (tertiary/aromatic N) is 4. The predicted octanol–water partition coefficient (Wildman–Crippen LogP) is 2.70. The summed E-state index contributed by atoms with van der Waals surface area (Å²) in [5.41, 5.74) is 1.43. The number of anilines is 1. The second-order valence-corrected chi connectivity index (χ2v) is 7.93. The van der Waals surface area contributed by atoms with E-state index in [4.69, 9.17) is 5.11 Å². The summed E-state index contributed by atoms with van der Waals surface area (Å²) in [6.45, 7) is 5.17. The van der Waals surface area contributed by atoms with Crippen LogP contribution in [0.25, 0.3) is 0 Å². The molecule has 2 aliphatic rings. The Hall–Kier alpha value is -2.31. The molecule has 0 spiro atoms. The van der Waals surface area contributed by atoms with Crippen molar-refractivity contribution in [1.29, 1.82) is 0 Å². The van der Waals surface area contributed by atoms with Crippen molar-refractivity contribution >= 4 is 17.8 Å². The van der Waals surface area contributed by atoms with Gasteiger partial charge in [-0.25, -0.2) is 9.78 Å². The molecular weight excluding hydrogens is 344 g/mol. The molecule has 1 N–H and O–H groups in total. The largest absolute Gasteiger partial charge is 0.465 e. The van der Waals surface area contributed by atoms with Gasteiger partial charge in [-0.3, -0.25) is 4.79 Å². The van der Waals surface area contributed by atoms with Crippen molar-refractivity contribution < 1.29 is 14.7 Å². The second-order valence-electron chi connectivity index (χ2n) is 7.93. The first-order chi connectivity index (χ1) is 12.9. The van der Waals surface area contributed by atoms with E-state index in [1.165, 1.54) is 4.90 Å². The van der Waals surface area contributed by atoms with Crippen molar-refractivity contribution in [2.45, 2.75) is 32.6 Å². The number of carbonyl (C=O) groups excluding carboxylic acids is 1. The highest BCUT2D eigenvalue weighted by atomic mass is 16.4. The van der Waals surface area contributed by atoms with Crippen molar-refractivity contribution in [3.8, 4) is 0 Å². The molecule has 1 aromatic rings. The molecule has 0 unspecified atom stereocenters. The Labute approximate surface area is 161 Å². The molecule has 27 heavy (non-hydrogen) atoms. The van der Waals surface area contributed by atoms with Gasteiger partial charge in [-0.05, 0) is 56.6 Å². The summed E-state index contributed by atoms with van der Waals surface area (Å²) in [6.07, 6.45) is 3.42. The summed E-state index contributed by atoms with van der Waals surface area (Å²) in [4.78, 5) is 33.3. The molecule has 7 heteroatoms. The van der Waals surface area contributed by atoms with E-state index >= 15 is 0 Å². The van der Waals surface area contributed by atoms with E-state index < -0.39 is 6.09 Å². The number of aryl methyl sites for hydroxylation is 1. The topological polar surface area (TPSA) is 77.0 Å². The molecule has 2 amide bonds. The lowest BCUT2D eigenvalue weighted by Gasteiger charge is -2.40. The van der Waals surface area contributed by atoms with Crippen LogP contribution >= 0.6 is 0 Å². The quantitative estimate of drug-likeness (QED) is 0.880. The Morgan fingerprint density at radius 3 is 2.07 bits per heavy atom. The van der Waals surface area contributed by atoms with Gasteiger partial charge in [0.05, 0.1) is 11.3 Å². The average molecular weight is 374 g/mol. The molecule has 1 aromatic heterocycles. The lowest BCUT2D eigenvalue weighted by Crippen LogP contribution is -2.42. The summed E-state index contributed by atoms with van der Waals surface area (Å²) >= 11 is 0. The number of rotatable bonds is 3. The van der Waals surface area contributed by atoms with Crippen LogP contribution in [-0.2, 0) is 0 Å². The third-order valence-electron chi connectivity index (χ3n) is 6.05. The summed E-state index contributed by atoms with van der Waals surface area (Å²) < 4.78 is 0. The molecule has 0 aromatic carbocycles. The summed E-state index contributed by atoms with van der Waals surface area (Å²) in [5, 5.41) is 9.09. The van der Waals surface area contributed by atoms with Gasteiger partial charge in [0.15, 0.2) is 0 Å². The number of aromatic nitrogens is 1. The Bertz CT molecular complexity index is 690. The maximum absolute atomic E-state index is 12.2. The number of piperidine rings is 2. The number of hydrogen-bond donors (Lipinski definition) is 1. The normalized spacial score (nSPS) is 19.2. The molecule has 3 heterocycles. The molecule has 2 saturated heterocycles. The van der Waals surface area contributed by atoms with Crippen LogP contribution in [0, 0.1) is 18.8 Å². The predicted molar refractivity (Wildman–Crippen MR) is 104 cm³/mol. The van der Waals surface area contributed by atoms with Crippen LogP contribution in [0.15, 0.2) is 12.1 Å². The highest BCUT2D eigenvalue weighted by Crippen LogP contribution is 2.33. The monoisotopic (exact) mass is 374 g/mol.